The highest BCUT2D eigenvalue weighted by atomic mass is 19.1. The van der Waals surface area contributed by atoms with E-state index in [4.69, 9.17) is 4.74 Å². The van der Waals surface area contributed by atoms with E-state index in [1.54, 1.807) is 23.9 Å². The van der Waals surface area contributed by atoms with Gasteiger partial charge < -0.3 is 9.84 Å². The molecule has 0 aliphatic carbocycles. The third-order valence-corrected chi connectivity index (χ3v) is 3.58. The highest BCUT2D eigenvalue weighted by Crippen LogP contribution is 2.19. The summed E-state index contributed by atoms with van der Waals surface area (Å²) in [6.07, 6.45) is 0.517. The lowest BCUT2D eigenvalue weighted by atomic mass is 10.1. The first-order valence-electron chi connectivity index (χ1n) is 7.14. The minimum absolute atomic E-state index is 0.221. The molecule has 0 saturated heterocycles. The van der Waals surface area contributed by atoms with Gasteiger partial charge in [-0.1, -0.05) is 23.4 Å². The van der Waals surface area contributed by atoms with Crippen LogP contribution in [-0.2, 0) is 13.0 Å². The molecule has 0 unspecified atom stereocenters. The molecule has 3 aromatic rings. The van der Waals surface area contributed by atoms with Crippen molar-refractivity contribution in [1.82, 2.24) is 15.0 Å². The average Bonchev–Trinajstić information content (AvgIpc) is 2.98. The van der Waals surface area contributed by atoms with Crippen LogP contribution < -0.4 is 4.74 Å². The Morgan fingerprint density at radius 2 is 1.96 bits per heavy atom. The lowest BCUT2D eigenvalue weighted by molar-refractivity contribution is 0.275. The lowest BCUT2D eigenvalue weighted by Gasteiger charge is -2.08. The lowest BCUT2D eigenvalue weighted by Crippen LogP contribution is -2.05. The summed E-state index contributed by atoms with van der Waals surface area (Å²) in [7, 11) is 1.61. The molecule has 0 radical (unpaired) electrons. The SMILES string of the molecule is COc1ccc(Cc2c(CO)nnn2-c2cccc(F)c2)cc1. The fourth-order valence-corrected chi connectivity index (χ4v) is 2.38. The second-order valence-corrected chi connectivity index (χ2v) is 5.06. The van der Waals surface area contributed by atoms with Crippen molar-refractivity contribution >= 4 is 0 Å². The molecule has 0 spiro atoms. The number of ether oxygens (including phenoxy) is 1. The number of aromatic nitrogens is 3. The zero-order valence-electron chi connectivity index (χ0n) is 12.6. The largest absolute Gasteiger partial charge is 0.497 e. The fourth-order valence-electron chi connectivity index (χ4n) is 2.38. The summed E-state index contributed by atoms with van der Waals surface area (Å²) in [6, 6.07) is 13.7. The maximum absolute atomic E-state index is 13.5. The number of aliphatic hydroxyl groups excluding tert-OH is 1. The van der Waals surface area contributed by atoms with Crippen molar-refractivity contribution in [2.45, 2.75) is 13.0 Å². The van der Waals surface area contributed by atoms with E-state index in [0.717, 1.165) is 17.0 Å². The predicted molar refractivity (Wildman–Crippen MR) is 83.0 cm³/mol. The highest BCUT2D eigenvalue weighted by molar-refractivity contribution is 5.36. The van der Waals surface area contributed by atoms with E-state index >= 15 is 0 Å². The molecule has 0 bridgehead atoms. The van der Waals surface area contributed by atoms with Gasteiger partial charge in [-0.25, -0.2) is 9.07 Å². The number of hydrogen-bond donors (Lipinski definition) is 1. The topological polar surface area (TPSA) is 60.2 Å². The van der Waals surface area contributed by atoms with Crippen molar-refractivity contribution in [3.63, 3.8) is 0 Å². The third kappa shape index (κ3) is 3.22. The normalized spacial score (nSPS) is 10.7. The van der Waals surface area contributed by atoms with Crippen LogP contribution in [-0.4, -0.2) is 27.2 Å². The number of aliphatic hydroxyl groups is 1. The van der Waals surface area contributed by atoms with E-state index in [2.05, 4.69) is 10.3 Å². The Balaban J connectivity index is 1.98. The van der Waals surface area contributed by atoms with Crippen LogP contribution in [0.2, 0.25) is 0 Å². The molecule has 1 aromatic heterocycles. The van der Waals surface area contributed by atoms with E-state index in [0.29, 0.717) is 17.8 Å². The van der Waals surface area contributed by atoms with E-state index < -0.39 is 0 Å². The molecule has 6 heteroatoms. The molecule has 1 heterocycles. The smallest absolute Gasteiger partial charge is 0.125 e. The Hall–Kier alpha value is -2.73. The highest BCUT2D eigenvalue weighted by Gasteiger charge is 2.14. The van der Waals surface area contributed by atoms with E-state index in [-0.39, 0.29) is 12.4 Å². The average molecular weight is 313 g/mol. The first kappa shape index (κ1) is 15.2. The number of hydrogen-bond acceptors (Lipinski definition) is 4. The predicted octanol–water partition coefficient (Wildman–Crippen LogP) is 2.50. The molecule has 0 saturated carbocycles. The number of rotatable bonds is 5. The molecule has 1 N–H and O–H groups in total. The first-order valence-corrected chi connectivity index (χ1v) is 7.14. The van der Waals surface area contributed by atoms with Crippen molar-refractivity contribution in [2.24, 2.45) is 0 Å². The Morgan fingerprint density at radius 1 is 1.17 bits per heavy atom. The number of nitrogens with zero attached hydrogens (tertiary/aromatic N) is 3. The summed E-state index contributed by atoms with van der Waals surface area (Å²) >= 11 is 0. The van der Waals surface area contributed by atoms with Crippen LogP contribution in [0.4, 0.5) is 4.39 Å². The Kier molecular flexibility index (Phi) is 4.34. The Bertz CT molecular complexity index is 800. The molecular weight excluding hydrogens is 297 g/mol. The standard InChI is InChI=1S/C17H16FN3O2/c1-23-15-7-5-12(6-8-15)9-17-16(11-22)19-20-21(17)14-4-2-3-13(18)10-14/h2-8,10,22H,9,11H2,1H3. The van der Waals surface area contributed by atoms with Crippen LogP contribution in [0.5, 0.6) is 5.75 Å². The van der Waals surface area contributed by atoms with Crippen LogP contribution in [0.3, 0.4) is 0 Å². The van der Waals surface area contributed by atoms with Crippen LogP contribution in [0.15, 0.2) is 48.5 Å². The summed E-state index contributed by atoms with van der Waals surface area (Å²) in [5, 5.41) is 17.5. The van der Waals surface area contributed by atoms with Gasteiger partial charge in [0, 0.05) is 6.42 Å². The van der Waals surface area contributed by atoms with Crippen molar-refractivity contribution in [3.05, 3.63) is 71.3 Å². The molecule has 0 atom stereocenters. The second-order valence-electron chi connectivity index (χ2n) is 5.06. The van der Waals surface area contributed by atoms with Crippen molar-refractivity contribution in [2.75, 3.05) is 7.11 Å². The van der Waals surface area contributed by atoms with Gasteiger partial charge in [-0.2, -0.15) is 0 Å². The van der Waals surface area contributed by atoms with Gasteiger partial charge in [0.25, 0.3) is 0 Å². The van der Waals surface area contributed by atoms with Crippen LogP contribution >= 0.6 is 0 Å². The van der Waals surface area contributed by atoms with Gasteiger partial charge in [0.1, 0.15) is 17.3 Å². The Morgan fingerprint density at radius 3 is 2.61 bits per heavy atom. The van der Waals surface area contributed by atoms with Gasteiger partial charge in [0.15, 0.2) is 0 Å². The zero-order chi connectivity index (χ0) is 16.2. The molecule has 0 aliphatic rings. The summed E-state index contributed by atoms with van der Waals surface area (Å²) < 4.78 is 20.2. The summed E-state index contributed by atoms with van der Waals surface area (Å²) in [5.74, 6) is 0.423. The molecule has 0 aliphatic heterocycles. The van der Waals surface area contributed by atoms with Gasteiger partial charge in [0.05, 0.1) is 25.1 Å². The minimum Gasteiger partial charge on any atom is -0.497 e. The minimum atomic E-state index is -0.348. The van der Waals surface area contributed by atoms with Crippen LogP contribution in [0, 0.1) is 5.82 Å². The van der Waals surface area contributed by atoms with Gasteiger partial charge in [-0.3, -0.25) is 0 Å². The monoisotopic (exact) mass is 313 g/mol. The number of halogens is 1. The van der Waals surface area contributed by atoms with Crippen molar-refractivity contribution in [3.8, 4) is 11.4 Å². The molecular formula is C17H16FN3O2. The number of benzene rings is 2. The van der Waals surface area contributed by atoms with Crippen LogP contribution in [0.25, 0.3) is 5.69 Å². The van der Waals surface area contributed by atoms with E-state index in [1.165, 1.54) is 12.1 Å². The van der Waals surface area contributed by atoms with E-state index in [9.17, 15) is 9.50 Å². The maximum atomic E-state index is 13.5. The van der Waals surface area contributed by atoms with Crippen molar-refractivity contribution < 1.29 is 14.2 Å². The van der Waals surface area contributed by atoms with Gasteiger partial charge in [-0.05, 0) is 35.9 Å². The van der Waals surface area contributed by atoms with Gasteiger partial charge in [-0.15, -0.1) is 5.10 Å². The number of methoxy groups -OCH3 is 1. The zero-order valence-corrected chi connectivity index (χ0v) is 12.6. The molecule has 23 heavy (non-hydrogen) atoms. The summed E-state index contributed by atoms with van der Waals surface area (Å²) in [6.45, 7) is -0.221. The maximum Gasteiger partial charge on any atom is 0.125 e. The van der Waals surface area contributed by atoms with Gasteiger partial charge >= 0.3 is 0 Å². The molecule has 0 amide bonds. The third-order valence-electron chi connectivity index (χ3n) is 3.58. The molecule has 2 aromatic carbocycles. The fraction of sp³-hybridized carbons (Fsp3) is 0.176. The first-order chi connectivity index (χ1) is 11.2. The molecule has 118 valence electrons. The van der Waals surface area contributed by atoms with E-state index in [1.807, 2.05) is 24.3 Å². The summed E-state index contributed by atoms with van der Waals surface area (Å²) in [5.41, 5.74) is 2.79. The molecule has 3 rings (SSSR count). The van der Waals surface area contributed by atoms with Gasteiger partial charge in [0.2, 0.25) is 0 Å². The molecule has 0 fully saturated rings. The van der Waals surface area contributed by atoms with Crippen LogP contribution in [0.1, 0.15) is 17.0 Å². The quantitative estimate of drug-likeness (QED) is 0.786. The van der Waals surface area contributed by atoms with Crippen molar-refractivity contribution in [1.29, 1.82) is 0 Å². The summed E-state index contributed by atoms with van der Waals surface area (Å²) in [4.78, 5) is 0. The molecule has 5 nitrogen and oxygen atoms in total. The second kappa shape index (κ2) is 6.58. The Labute approximate surface area is 133 Å².